The van der Waals surface area contributed by atoms with Crippen molar-refractivity contribution in [2.75, 3.05) is 39.8 Å². The summed E-state index contributed by atoms with van der Waals surface area (Å²) in [5.41, 5.74) is 0. The predicted molar refractivity (Wildman–Crippen MR) is 77.5 cm³/mol. The van der Waals surface area contributed by atoms with E-state index in [2.05, 4.69) is 23.6 Å². The van der Waals surface area contributed by atoms with Gasteiger partial charge in [0.1, 0.15) is 13.5 Å². The van der Waals surface area contributed by atoms with Crippen molar-refractivity contribution >= 4 is 17.3 Å². The van der Waals surface area contributed by atoms with Crippen molar-refractivity contribution in [3.05, 3.63) is 0 Å². The molecule has 0 saturated carbocycles. The fourth-order valence-electron chi connectivity index (χ4n) is 1.71. The molecule has 0 radical (unpaired) electrons. The van der Waals surface area contributed by atoms with Crippen molar-refractivity contribution in [1.29, 1.82) is 0 Å². The lowest BCUT2D eigenvalue weighted by Gasteiger charge is -2.21. The molecule has 0 bridgehead atoms. The van der Waals surface area contributed by atoms with Gasteiger partial charge in [-0.1, -0.05) is 26.7 Å². The van der Waals surface area contributed by atoms with Gasteiger partial charge in [-0.25, -0.2) is 0 Å². The van der Waals surface area contributed by atoms with Crippen LogP contribution in [-0.4, -0.2) is 54.7 Å². The second-order valence-corrected chi connectivity index (χ2v) is 4.96. The summed E-state index contributed by atoms with van der Waals surface area (Å²) in [7, 11) is 0. The zero-order chi connectivity index (χ0) is 13.2. The average Bonchev–Trinajstić information content (AvgIpc) is 2.72. The van der Waals surface area contributed by atoms with E-state index in [0.717, 1.165) is 44.3 Å². The molecule has 0 aromatic rings. The molecule has 1 rings (SSSR count). The average molecular weight is 274 g/mol. The molecule has 18 heavy (non-hydrogen) atoms. The van der Waals surface area contributed by atoms with Crippen LogP contribution >= 0.6 is 12.2 Å². The molecule has 0 aliphatic carbocycles. The number of unbranched alkanes of at least 4 members (excludes halogenated alkanes) is 2. The van der Waals surface area contributed by atoms with Crippen molar-refractivity contribution in [3.63, 3.8) is 0 Å². The Morgan fingerprint density at radius 2 is 1.39 bits per heavy atom. The minimum Gasteiger partial charge on any atom is -0.361 e. The summed E-state index contributed by atoms with van der Waals surface area (Å²) in [5.74, 6) is 0. The van der Waals surface area contributed by atoms with Gasteiger partial charge < -0.3 is 19.3 Å². The number of thiocarbonyl (C=S) groups is 1. The van der Waals surface area contributed by atoms with E-state index in [1.807, 2.05) is 0 Å². The summed E-state index contributed by atoms with van der Waals surface area (Å²) in [5, 5.41) is 0.864. The Morgan fingerprint density at radius 3 is 1.78 bits per heavy atom. The zero-order valence-electron chi connectivity index (χ0n) is 11.7. The third kappa shape index (κ3) is 5.50. The largest absolute Gasteiger partial charge is 0.361 e. The molecular weight excluding hydrogens is 248 g/mol. The number of hydrogen-bond acceptors (Lipinski definition) is 3. The first-order valence-corrected chi connectivity index (χ1v) is 7.39. The summed E-state index contributed by atoms with van der Waals surface area (Å²) < 4.78 is 11.2. The van der Waals surface area contributed by atoms with Gasteiger partial charge in [-0.2, -0.15) is 0 Å². The molecule has 1 saturated heterocycles. The molecule has 0 aromatic carbocycles. The Morgan fingerprint density at radius 1 is 0.944 bits per heavy atom. The summed E-state index contributed by atoms with van der Waals surface area (Å²) in [6.07, 6.45) is 4.57. The molecule has 4 nitrogen and oxygen atoms in total. The minimum atomic E-state index is 0.615. The standard InChI is InChI=1S/C13H26N2O2S/c1-3-5-9-16-11-14-7-8-15(13(14)18)12-17-10-6-4-2/h3-12H2,1-2H3. The number of hydrogen-bond donors (Lipinski definition) is 0. The highest BCUT2D eigenvalue weighted by atomic mass is 32.1. The van der Waals surface area contributed by atoms with Crippen LogP contribution in [0.5, 0.6) is 0 Å². The normalized spacial score (nSPS) is 15.8. The van der Waals surface area contributed by atoms with Gasteiger partial charge in [0, 0.05) is 26.3 Å². The summed E-state index contributed by atoms with van der Waals surface area (Å²) >= 11 is 5.41. The molecule has 5 heteroatoms. The molecule has 0 N–H and O–H groups in total. The lowest BCUT2D eigenvalue weighted by molar-refractivity contribution is 0.0637. The molecule has 1 fully saturated rings. The van der Waals surface area contributed by atoms with Gasteiger partial charge in [-0.15, -0.1) is 0 Å². The number of ether oxygens (including phenoxy) is 2. The molecule has 0 aromatic heterocycles. The van der Waals surface area contributed by atoms with Crippen LogP contribution < -0.4 is 0 Å². The highest BCUT2D eigenvalue weighted by Gasteiger charge is 2.24. The molecule has 1 aliphatic rings. The molecular formula is C13H26N2O2S. The van der Waals surface area contributed by atoms with Crippen molar-refractivity contribution in [2.24, 2.45) is 0 Å². The van der Waals surface area contributed by atoms with Crippen LogP contribution in [0.3, 0.4) is 0 Å². The van der Waals surface area contributed by atoms with E-state index in [1.165, 1.54) is 12.8 Å². The molecule has 1 aliphatic heterocycles. The summed E-state index contributed by atoms with van der Waals surface area (Å²) in [6, 6.07) is 0. The van der Waals surface area contributed by atoms with Crippen molar-refractivity contribution in [3.8, 4) is 0 Å². The first-order valence-electron chi connectivity index (χ1n) is 6.99. The lowest BCUT2D eigenvalue weighted by Crippen LogP contribution is -2.34. The SMILES string of the molecule is CCCCOCN1CCN(COCCCC)C1=S. The fourth-order valence-corrected chi connectivity index (χ4v) is 2.00. The van der Waals surface area contributed by atoms with Gasteiger partial charge in [0.15, 0.2) is 5.11 Å². The van der Waals surface area contributed by atoms with Gasteiger partial charge in [0.2, 0.25) is 0 Å². The fraction of sp³-hybridized carbons (Fsp3) is 0.923. The van der Waals surface area contributed by atoms with Gasteiger partial charge in [-0.05, 0) is 25.1 Å². The Hall–Kier alpha value is -0.390. The van der Waals surface area contributed by atoms with E-state index in [1.54, 1.807) is 0 Å². The summed E-state index contributed by atoms with van der Waals surface area (Å²) in [6.45, 7) is 9.10. The zero-order valence-corrected chi connectivity index (χ0v) is 12.5. The predicted octanol–water partition coefficient (Wildman–Crippen LogP) is 2.44. The maximum absolute atomic E-state index is 5.59. The first-order chi connectivity index (χ1) is 8.79. The van der Waals surface area contributed by atoms with E-state index in [-0.39, 0.29) is 0 Å². The summed E-state index contributed by atoms with van der Waals surface area (Å²) in [4.78, 5) is 4.21. The minimum absolute atomic E-state index is 0.615. The maximum Gasteiger partial charge on any atom is 0.175 e. The molecule has 106 valence electrons. The smallest absolute Gasteiger partial charge is 0.175 e. The number of nitrogens with zero attached hydrogens (tertiary/aromatic N) is 2. The van der Waals surface area contributed by atoms with Crippen LogP contribution in [0.2, 0.25) is 0 Å². The monoisotopic (exact) mass is 274 g/mol. The first kappa shape index (κ1) is 15.7. The Bertz CT molecular complexity index is 217. The molecule has 0 unspecified atom stereocenters. The van der Waals surface area contributed by atoms with Crippen LogP contribution in [0.25, 0.3) is 0 Å². The van der Waals surface area contributed by atoms with E-state index in [9.17, 15) is 0 Å². The van der Waals surface area contributed by atoms with Crippen LogP contribution in [0.15, 0.2) is 0 Å². The van der Waals surface area contributed by atoms with Crippen LogP contribution in [0.4, 0.5) is 0 Å². The quantitative estimate of drug-likeness (QED) is 0.450. The lowest BCUT2D eigenvalue weighted by atomic mass is 10.4. The Kier molecular flexibility index (Phi) is 8.29. The van der Waals surface area contributed by atoms with Crippen molar-refractivity contribution in [1.82, 2.24) is 9.80 Å². The molecule has 0 atom stereocenters. The van der Waals surface area contributed by atoms with Gasteiger partial charge in [0.05, 0.1) is 0 Å². The van der Waals surface area contributed by atoms with Gasteiger partial charge in [0.25, 0.3) is 0 Å². The number of rotatable bonds is 10. The van der Waals surface area contributed by atoms with E-state index < -0.39 is 0 Å². The van der Waals surface area contributed by atoms with Crippen molar-refractivity contribution < 1.29 is 9.47 Å². The molecule has 1 heterocycles. The molecule has 0 spiro atoms. The van der Waals surface area contributed by atoms with E-state index >= 15 is 0 Å². The Labute approximate surface area is 116 Å². The highest BCUT2D eigenvalue weighted by molar-refractivity contribution is 7.80. The third-order valence-electron chi connectivity index (χ3n) is 2.96. The van der Waals surface area contributed by atoms with E-state index in [4.69, 9.17) is 21.7 Å². The molecule has 0 amide bonds. The van der Waals surface area contributed by atoms with Gasteiger partial charge in [-0.3, -0.25) is 0 Å². The van der Waals surface area contributed by atoms with Crippen molar-refractivity contribution in [2.45, 2.75) is 39.5 Å². The topological polar surface area (TPSA) is 24.9 Å². The van der Waals surface area contributed by atoms with Crippen LogP contribution in [-0.2, 0) is 9.47 Å². The van der Waals surface area contributed by atoms with Crippen LogP contribution in [0.1, 0.15) is 39.5 Å². The second-order valence-electron chi connectivity index (χ2n) is 4.59. The highest BCUT2D eigenvalue weighted by Crippen LogP contribution is 2.09. The van der Waals surface area contributed by atoms with E-state index in [0.29, 0.717) is 13.5 Å². The maximum atomic E-state index is 5.59. The van der Waals surface area contributed by atoms with Gasteiger partial charge >= 0.3 is 0 Å². The second kappa shape index (κ2) is 9.53. The Balaban J connectivity index is 2.12. The third-order valence-corrected chi connectivity index (χ3v) is 3.48. The van der Waals surface area contributed by atoms with Crippen LogP contribution in [0, 0.1) is 0 Å².